The van der Waals surface area contributed by atoms with E-state index in [0.717, 1.165) is 11.0 Å². The van der Waals surface area contributed by atoms with Crippen molar-refractivity contribution in [2.45, 2.75) is 0 Å². The minimum Gasteiger partial charge on any atom is -0.383 e. The summed E-state index contributed by atoms with van der Waals surface area (Å²) in [5.74, 6) is -0.174. The monoisotopic (exact) mass is 257 g/mol. The summed E-state index contributed by atoms with van der Waals surface area (Å²) in [5, 5.41) is 2.69. The number of ether oxygens (including phenoxy) is 1. The third kappa shape index (κ3) is 3.86. The molecular weight excluding hydrogens is 242 g/mol. The normalized spacial score (nSPS) is 11.0. The molecule has 0 aliphatic carbocycles. The molecular formula is C14H15N3O2. The summed E-state index contributed by atoms with van der Waals surface area (Å²) in [6, 6.07) is 7.60. The maximum absolute atomic E-state index is 11.5. The van der Waals surface area contributed by atoms with Crippen LogP contribution in [0.2, 0.25) is 0 Å². The maximum Gasteiger partial charge on any atom is 0.244 e. The molecule has 1 amide bonds. The molecule has 5 heteroatoms. The van der Waals surface area contributed by atoms with Gasteiger partial charge in [0.2, 0.25) is 5.91 Å². The van der Waals surface area contributed by atoms with Gasteiger partial charge in [-0.15, -0.1) is 0 Å². The van der Waals surface area contributed by atoms with Crippen molar-refractivity contribution in [3.63, 3.8) is 0 Å². The molecule has 0 saturated carbocycles. The lowest BCUT2D eigenvalue weighted by Gasteiger charge is -2.00. The lowest BCUT2D eigenvalue weighted by molar-refractivity contribution is -0.116. The molecule has 0 unspecified atom stereocenters. The second kappa shape index (κ2) is 6.61. The van der Waals surface area contributed by atoms with E-state index in [4.69, 9.17) is 4.74 Å². The van der Waals surface area contributed by atoms with Gasteiger partial charge in [0.05, 0.1) is 29.5 Å². The average molecular weight is 257 g/mol. The quantitative estimate of drug-likeness (QED) is 0.649. The van der Waals surface area contributed by atoms with E-state index in [1.165, 1.54) is 6.08 Å². The summed E-state index contributed by atoms with van der Waals surface area (Å²) in [6.07, 6.45) is 4.72. The van der Waals surface area contributed by atoms with Crippen LogP contribution in [0, 0.1) is 0 Å². The maximum atomic E-state index is 11.5. The molecule has 19 heavy (non-hydrogen) atoms. The largest absolute Gasteiger partial charge is 0.383 e. The van der Waals surface area contributed by atoms with Gasteiger partial charge in [-0.1, -0.05) is 12.1 Å². The molecule has 5 nitrogen and oxygen atoms in total. The summed E-state index contributed by atoms with van der Waals surface area (Å²) in [6.45, 7) is 0.985. The Balaban J connectivity index is 2.02. The first-order chi connectivity index (χ1) is 9.29. The first-order valence-corrected chi connectivity index (χ1v) is 5.96. The van der Waals surface area contributed by atoms with Crippen LogP contribution in [0.4, 0.5) is 0 Å². The van der Waals surface area contributed by atoms with E-state index in [9.17, 15) is 4.79 Å². The van der Waals surface area contributed by atoms with Crippen molar-refractivity contribution < 1.29 is 9.53 Å². The zero-order chi connectivity index (χ0) is 13.5. The molecule has 0 fully saturated rings. The molecule has 0 atom stereocenters. The summed E-state index contributed by atoms with van der Waals surface area (Å²) in [5.41, 5.74) is 2.30. The van der Waals surface area contributed by atoms with Crippen LogP contribution in [0.25, 0.3) is 17.1 Å². The summed E-state index contributed by atoms with van der Waals surface area (Å²) >= 11 is 0. The number of nitrogens with zero attached hydrogens (tertiary/aromatic N) is 2. The van der Waals surface area contributed by atoms with Crippen molar-refractivity contribution in [2.24, 2.45) is 0 Å². The first-order valence-electron chi connectivity index (χ1n) is 5.96. The van der Waals surface area contributed by atoms with E-state index in [2.05, 4.69) is 15.3 Å². The zero-order valence-corrected chi connectivity index (χ0v) is 10.7. The number of nitrogens with one attached hydrogen (secondary N) is 1. The Morgan fingerprint density at radius 1 is 1.37 bits per heavy atom. The van der Waals surface area contributed by atoms with Crippen LogP contribution in [-0.2, 0) is 9.53 Å². The lowest BCUT2D eigenvalue weighted by atomic mass is 10.3. The van der Waals surface area contributed by atoms with Crippen LogP contribution in [0.15, 0.2) is 36.5 Å². The highest BCUT2D eigenvalue weighted by Gasteiger charge is 1.97. The standard InChI is InChI=1S/C14H15N3O2/c1-19-9-8-15-14(18)7-6-11-10-16-12-4-2-3-5-13(12)17-11/h2-7,10H,8-9H2,1H3,(H,15,18). The van der Waals surface area contributed by atoms with Crippen LogP contribution in [0.5, 0.6) is 0 Å². The second-order valence-corrected chi connectivity index (χ2v) is 3.90. The van der Waals surface area contributed by atoms with Gasteiger partial charge < -0.3 is 10.1 Å². The number of fused-ring (bicyclic) bond motifs is 1. The number of benzene rings is 1. The molecule has 98 valence electrons. The van der Waals surface area contributed by atoms with Gasteiger partial charge in [0, 0.05) is 19.7 Å². The van der Waals surface area contributed by atoms with E-state index < -0.39 is 0 Å². The highest BCUT2D eigenvalue weighted by Crippen LogP contribution is 2.08. The third-order valence-corrected chi connectivity index (χ3v) is 2.48. The number of aromatic nitrogens is 2. The molecule has 0 saturated heterocycles. The first kappa shape index (κ1) is 13.2. The number of methoxy groups -OCH3 is 1. The molecule has 2 aromatic rings. The van der Waals surface area contributed by atoms with Crippen molar-refractivity contribution >= 4 is 23.0 Å². The van der Waals surface area contributed by atoms with Crippen LogP contribution in [-0.4, -0.2) is 36.1 Å². The van der Waals surface area contributed by atoms with Crippen LogP contribution >= 0.6 is 0 Å². The molecule has 0 aliphatic heterocycles. The zero-order valence-electron chi connectivity index (χ0n) is 10.7. The Bertz CT molecular complexity index is 596. The van der Waals surface area contributed by atoms with Gasteiger partial charge in [-0.25, -0.2) is 4.98 Å². The van der Waals surface area contributed by atoms with E-state index in [1.54, 1.807) is 19.4 Å². The lowest BCUT2D eigenvalue weighted by Crippen LogP contribution is -2.24. The van der Waals surface area contributed by atoms with E-state index >= 15 is 0 Å². The highest BCUT2D eigenvalue weighted by molar-refractivity contribution is 5.91. The fourth-order valence-corrected chi connectivity index (χ4v) is 1.55. The topological polar surface area (TPSA) is 64.1 Å². The number of hydrogen-bond acceptors (Lipinski definition) is 4. The molecule has 1 heterocycles. The fourth-order valence-electron chi connectivity index (χ4n) is 1.55. The molecule has 1 aromatic carbocycles. The van der Waals surface area contributed by atoms with Crippen LogP contribution < -0.4 is 5.32 Å². The summed E-state index contributed by atoms with van der Waals surface area (Å²) in [4.78, 5) is 20.1. The van der Waals surface area contributed by atoms with Crippen molar-refractivity contribution in [1.82, 2.24) is 15.3 Å². The SMILES string of the molecule is COCCNC(=O)C=Cc1cnc2ccccc2n1. The van der Waals surface area contributed by atoms with Crippen molar-refractivity contribution in [1.29, 1.82) is 0 Å². The van der Waals surface area contributed by atoms with E-state index in [1.807, 2.05) is 24.3 Å². The van der Waals surface area contributed by atoms with Gasteiger partial charge in [-0.3, -0.25) is 9.78 Å². The summed E-state index contributed by atoms with van der Waals surface area (Å²) < 4.78 is 4.84. The van der Waals surface area contributed by atoms with Gasteiger partial charge in [0.15, 0.2) is 0 Å². The molecule has 1 N–H and O–H groups in total. The van der Waals surface area contributed by atoms with E-state index in [-0.39, 0.29) is 5.91 Å². The predicted molar refractivity (Wildman–Crippen MR) is 73.5 cm³/mol. The second-order valence-electron chi connectivity index (χ2n) is 3.90. The van der Waals surface area contributed by atoms with Gasteiger partial charge in [-0.05, 0) is 18.2 Å². The Hall–Kier alpha value is -2.27. The molecule has 0 radical (unpaired) electrons. The number of hydrogen-bond donors (Lipinski definition) is 1. The molecule has 0 spiro atoms. The van der Waals surface area contributed by atoms with Crippen molar-refractivity contribution in [2.75, 3.05) is 20.3 Å². The number of rotatable bonds is 5. The van der Waals surface area contributed by atoms with Crippen molar-refractivity contribution in [3.05, 3.63) is 42.2 Å². The van der Waals surface area contributed by atoms with Crippen LogP contribution in [0.3, 0.4) is 0 Å². The fraction of sp³-hybridized carbons (Fsp3) is 0.214. The van der Waals surface area contributed by atoms with Gasteiger partial charge in [0.1, 0.15) is 0 Å². The number of para-hydroxylation sites is 2. The molecule has 0 aliphatic rings. The minimum absolute atomic E-state index is 0.174. The van der Waals surface area contributed by atoms with Crippen LogP contribution in [0.1, 0.15) is 5.69 Å². The molecule has 0 bridgehead atoms. The highest BCUT2D eigenvalue weighted by atomic mass is 16.5. The van der Waals surface area contributed by atoms with Gasteiger partial charge in [-0.2, -0.15) is 0 Å². The van der Waals surface area contributed by atoms with Gasteiger partial charge in [0.25, 0.3) is 0 Å². The average Bonchev–Trinajstić information content (AvgIpc) is 2.45. The summed E-state index contributed by atoms with van der Waals surface area (Å²) in [7, 11) is 1.59. The minimum atomic E-state index is -0.174. The predicted octanol–water partition coefficient (Wildman–Crippen LogP) is 1.41. The molecule has 2 rings (SSSR count). The smallest absolute Gasteiger partial charge is 0.244 e. The number of amides is 1. The Labute approximate surface area is 111 Å². The number of carbonyl (C=O) groups is 1. The Kier molecular flexibility index (Phi) is 4.58. The van der Waals surface area contributed by atoms with E-state index in [0.29, 0.717) is 18.8 Å². The Morgan fingerprint density at radius 2 is 2.16 bits per heavy atom. The van der Waals surface area contributed by atoms with Crippen molar-refractivity contribution in [3.8, 4) is 0 Å². The Morgan fingerprint density at radius 3 is 2.95 bits per heavy atom. The molecule has 1 aromatic heterocycles. The number of carbonyl (C=O) groups excluding carboxylic acids is 1. The third-order valence-electron chi connectivity index (χ3n) is 2.48. The van der Waals surface area contributed by atoms with Gasteiger partial charge >= 0.3 is 0 Å².